The predicted octanol–water partition coefficient (Wildman–Crippen LogP) is 5.14. The number of hydrogen-bond donors (Lipinski definition) is 1. The zero-order valence-corrected chi connectivity index (χ0v) is 17.7. The Morgan fingerprint density at radius 2 is 2.04 bits per heavy atom. The van der Waals surface area contributed by atoms with E-state index in [1.54, 1.807) is 19.1 Å². The molecule has 2 aromatic rings. The van der Waals surface area contributed by atoms with Gasteiger partial charge in [-0.3, -0.25) is 4.79 Å². The van der Waals surface area contributed by atoms with E-state index in [0.717, 1.165) is 29.3 Å². The Morgan fingerprint density at radius 1 is 1.30 bits per heavy atom. The second kappa shape index (κ2) is 8.89. The lowest BCUT2D eigenvalue weighted by Crippen LogP contribution is -2.21. The van der Waals surface area contributed by atoms with Crippen molar-refractivity contribution in [3.63, 3.8) is 0 Å². The summed E-state index contributed by atoms with van der Waals surface area (Å²) in [4.78, 5) is 26.1. The molecular formula is C20H22BrNO4S. The maximum atomic E-state index is 12.5. The molecule has 1 aromatic carbocycles. The van der Waals surface area contributed by atoms with Crippen molar-refractivity contribution < 1.29 is 19.1 Å². The smallest absolute Gasteiger partial charge is 0.341 e. The van der Waals surface area contributed by atoms with Gasteiger partial charge in [-0.25, -0.2) is 4.79 Å². The van der Waals surface area contributed by atoms with E-state index in [-0.39, 0.29) is 24.4 Å². The van der Waals surface area contributed by atoms with Crippen molar-refractivity contribution in [2.24, 2.45) is 0 Å². The Bertz CT molecular complexity index is 831. The third kappa shape index (κ3) is 4.71. The molecule has 1 amide bonds. The van der Waals surface area contributed by atoms with Gasteiger partial charge in [0.25, 0.3) is 5.91 Å². The molecule has 0 fully saturated rings. The zero-order chi connectivity index (χ0) is 19.4. The summed E-state index contributed by atoms with van der Waals surface area (Å²) in [5.74, 6) is 0.231. The quantitative estimate of drug-likeness (QED) is 0.617. The SMILES string of the molecule is CCOC(=O)c1c(NC(=O)COc2ccc(Br)cc2)sc2c1C(C)CCC2. The van der Waals surface area contributed by atoms with Crippen LogP contribution in [0.2, 0.25) is 0 Å². The van der Waals surface area contributed by atoms with Gasteiger partial charge in [-0.2, -0.15) is 0 Å². The third-order valence-corrected chi connectivity index (χ3v) is 6.18. The molecule has 1 atom stereocenters. The number of carbonyl (C=O) groups is 2. The summed E-state index contributed by atoms with van der Waals surface area (Å²) in [5.41, 5.74) is 1.55. The second-order valence-corrected chi connectivity index (χ2v) is 8.47. The van der Waals surface area contributed by atoms with Crippen LogP contribution >= 0.6 is 27.3 Å². The van der Waals surface area contributed by atoms with Crippen LogP contribution in [0.5, 0.6) is 5.75 Å². The number of nitrogens with one attached hydrogen (secondary N) is 1. The number of amides is 1. The van der Waals surface area contributed by atoms with Crippen molar-refractivity contribution in [2.45, 2.75) is 39.0 Å². The van der Waals surface area contributed by atoms with Crippen molar-refractivity contribution >= 4 is 44.1 Å². The summed E-state index contributed by atoms with van der Waals surface area (Å²) in [6.07, 6.45) is 3.06. The normalized spacial score (nSPS) is 15.7. The van der Waals surface area contributed by atoms with Crippen LogP contribution in [0.3, 0.4) is 0 Å². The number of anilines is 1. The van der Waals surface area contributed by atoms with E-state index in [0.29, 0.717) is 22.9 Å². The van der Waals surface area contributed by atoms with Crippen molar-refractivity contribution in [3.05, 3.63) is 44.7 Å². The van der Waals surface area contributed by atoms with E-state index in [1.807, 2.05) is 12.1 Å². The summed E-state index contributed by atoms with van der Waals surface area (Å²) in [6, 6.07) is 7.27. The van der Waals surface area contributed by atoms with Crippen LogP contribution < -0.4 is 10.1 Å². The van der Waals surface area contributed by atoms with E-state index >= 15 is 0 Å². The number of ether oxygens (including phenoxy) is 2. The molecule has 0 aliphatic heterocycles. The van der Waals surface area contributed by atoms with Crippen LogP contribution in [-0.4, -0.2) is 25.1 Å². The lowest BCUT2D eigenvalue weighted by molar-refractivity contribution is -0.118. The minimum Gasteiger partial charge on any atom is -0.484 e. The molecule has 0 saturated carbocycles. The Morgan fingerprint density at radius 3 is 2.74 bits per heavy atom. The minimum absolute atomic E-state index is 0.123. The van der Waals surface area contributed by atoms with E-state index in [1.165, 1.54) is 16.2 Å². The first kappa shape index (κ1) is 19.9. The molecule has 0 bridgehead atoms. The van der Waals surface area contributed by atoms with Crippen LogP contribution in [0.25, 0.3) is 0 Å². The summed E-state index contributed by atoms with van der Waals surface area (Å²) in [6.45, 7) is 4.08. The maximum Gasteiger partial charge on any atom is 0.341 e. The maximum absolute atomic E-state index is 12.5. The van der Waals surface area contributed by atoms with Crippen molar-refractivity contribution in [1.29, 1.82) is 0 Å². The lowest BCUT2D eigenvalue weighted by Gasteiger charge is -2.19. The molecule has 1 N–H and O–H groups in total. The van der Waals surface area contributed by atoms with Crippen LogP contribution in [0.1, 0.15) is 53.4 Å². The molecule has 7 heteroatoms. The number of rotatable bonds is 6. The third-order valence-electron chi connectivity index (χ3n) is 4.47. The number of halogens is 1. The van der Waals surface area contributed by atoms with Gasteiger partial charge < -0.3 is 14.8 Å². The topological polar surface area (TPSA) is 64.6 Å². The average molecular weight is 452 g/mol. The molecule has 1 unspecified atom stereocenters. The standard InChI is InChI=1S/C20H22BrNO4S/c1-3-25-20(24)18-17-12(2)5-4-6-15(17)27-19(18)22-16(23)11-26-14-9-7-13(21)8-10-14/h7-10,12H,3-6,11H2,1-2H3,(H,22,23). The molecular weight excluding hydrogens is 430 g/mol. The van der Waals surface area contributed by atoms with Gasteiger partial charge in [-0.1, -0.05) is 22.9 Å². The number of fused-ring (bicyclic) bond motifs is 1. The van der Waals surface area contributed by atoms with Gasteiger partial charge in [0, 0.05) is 9.35 Å². The Hall–Kier alpha value is -1.86. The molecule has 3 rings (SSSR count). The molecule has 27 heavy (non-hydrogen) atoms. The minimum atomic E-state index is -0.368. The number of aryl methyl sites for hydroxylation is 1. The van der Waals surface area contributed by atoms with Gasteiger partial charge in [-0.15, -0.1) is 11.3 Å². The van der Waals surface area contributed by atoms with Gasteiger partial charge in [0.2, 0.25) is 0 Å². The first-order chi connectivity index (χ1) is 13.0. The highest BCUT2D eigenvalue weighted by Crippen LogP contribution is 2.43. The van der Waals surface area contributed by atoms with Crippen molar-refractivity contribution in [3.8, 4) is 5.75 Å². The van der Waals surface area contributed by atoms with E-state index in [9.17, 15) is 9.59 Å². The summed E-state index contributed by atoms with van der Waals surface area (Å²) >= 11 is 4.84. The lowest BCUT2D eigenvalue weighted by atomic mass is 9.86. The molecule has 0 saturated heterocycles. The fourth-order valence-corrected chi connectivity index (χ4v) is 4.88. The Balaban J connectivity index is 1.76. The number of carbonyl (C=O) groups excluding carboxylic acids is 2. The summed E-state index contributed by atoms with van der Waals surface area (Å²) < 4.78 is 11.7. The largest absolute Gasteiger partial charge is 0.484 e. The predicted molar refractivity (Wildman–Crippen MR) is 110 cm³/mol. The molecule has 0 radical (unpaired) electrons. The average Bonchev–Trinajstić information content (AvgIpc) is 3.01. The first-order valence-electron chi connectivity index (χ1n) is 9.00. The molecule has 1 aliphatic rings. The number of benzene rings is 1. The highest BCUT2D eigenvalue weighted by atomic mass is 79.9. The molecule has 0 spiro atoms. The number of hydrogen-bond acceptors (Lipinski definition) is 5. The summed E-state index contributed by atoms with van der Waals surface area (Å²) in [5, 5.41) is 3.42. The van der Waals surface area contributed by atoms with Gasteiger partial charge in [0.15, 0.2) is 6.61 Å². The fourth-order valence-electron chi connectivity index (χ4n) is 3.25. The first-order valence-corrected chi connectivity index (χ1v) is 10.6. The van der Waals surface area contributed by atoms with Crippen LogP contribution in [-0.2, 0) is 16.0 Å². The zero-order valence-electron chi connectivity index (χ0n) is 15.3. The highest BCUT2D eigenvalue weighted by molar-refractivity contribution is 9.10. The van der Waals surface area contributed by atoms with Crippen molar-refractivity contribution in [1.82, 2.24) is 0 Å². The van der Waals surface area contributed by atoms with E-state index in [2.05, 4.69) is 28.2 Å². The van der Waals surface area contributed by atoms with E-state index in [4.69, 9.17) is 9.47 Å². The highest BCUT2D eigenvalue weighted by Gasteiger charge is 2.30. The van der Waals surface area contributed by atoms with Gasteiger partial charge in [-0.05, 0) is 61.9 Å². The van der Waals surface area contributed by atoms with Gasteiger partial charge in [0.05, 0.1) is 12.2 Å². The van der Waals surface area contributed by atoms with Gasteiger partial charge in [0.1, 0.15) is 10.8 Å². The number of esters is 1. The van der Waals surface area contributed by atoms with E-state index < -0.39 is 0 Å². The summed E-state index contributed by atoms with van der Waals surface area (Å²) in [7, 11) is 0. The molecule has 1 heterocycles. The monoisotopic (exact) mass is 451 g/mol. The molecule has 144 valence electrons. The Kier molecular flexibility index (Phi) is 6.55. The number of thiophene rings is 1. The fraction of sp³-hybridized carbons (Fsp3) is 0.400. The Labute approximate surface area is 171 Å². The van der Waals surface area contributed by atoms with Crippen LogP contribution in [0.4, 0.5) is 5.00 Å². The molecule has 1 aliphatic carbocycles. The molecule has 5 nitrogen and oxygen atoms in total. The molecule has 1 aromatic heterocycles. The van der Waals surface area contributed by atoms with Gasteiger partial charge >= 0.3 is 5.97 Å². The van der Waals surface area contributed by atoms with Crippen LogP contribution in [0.15, 0.2) is 28.7 Å². The second-order valence-electron chi connectivity index (χ2n) is 6.45. The van der Waals surface area contributed by atoms with Crippen molar-refractivity contribution in [2.75, 3.05) is 18.5 Å². The van der Waals surface area contributed by atoms with Crippen LogP contribution in [0, 0.1) is 0 Å².